The Labute approximate surface area is 162 Å². The van der Waals surface area contributed by atoms with Gasteiger partial charge in [-0.15, -0.1) is 0 Å². The van der Waals surface area contributed by atoms with Gasteiger partial charge in [-0.3, -0.25) is 9.78 Å². The summed E-state index contributed by atoms with van der Waals surface area (Å²) in [5.74, 6) is 0.516. The molecule has 0 aliphatic carbocycles. The van der Waals surface area contributed by atoms with Crippen LogP contribution in [-0.4, -0.2) is 30.7 Å². The molecule has 2 heterocycles. The van der Waals surface area contributed by atoms with Crippen molar-refractivity contribution in [2.75, 3.05) is 19.8 Å². The Hall–Kier alpha value is -1.82. The van der Waals surface area contributed by atoms with Gasteiger partial charge >= 0.3 is 0 Å². The molecule has 1 aromatic heterocycles. The number of pyridine rings is 1. The highest BCUT2D eigenvalue weighted by molar-refractivity contribution is 6.35. The van der Waals surface area contributed by atoms with E-state index in [0.29, 0.717) is 34.9 Å². The smallest absolute Gasteiger partial charge is 0.258 e. The van der Waals surface area contributed by atoms with Crippen LogP contribution in [0.1, 0.15) is 24.4 Å². The van der Waals surface area contributed by atoms with Gasteiger partial charge in [0.05, 0.1) is 11.1 Å². The highest BCUT2D eigenvalue weighted by Gasteiger charge is 2.27. The van der Waals surface area contributed by atoms with Crippen molar-refractivity contribution in [1.82, 2.24) is 10.3 Å². The number of rotatable bonds is 6. The van der Waals surface area contributed by atoms with Crippen LogP contribution in [-0.2, 0) is 9.53 Å². The van der Waals surface area contributed by atoms with E-state index in [9.17, 15) is 4.79 Å². The Kier molecular flexibility index (Phi) is 6.72. The number of nitrogens with zero attached hydrogens (tertiary/aromatic N) is 1. The number of benzene rings is 1. The summed E-state index contributed by atoms with van der Waals surface area (Å²) in [6, 6.07) is 8.62. The van der Waals surface area contributed by atoms with Gasteiger partial charge in [0.1, 0.15) is 5.75 Å². The van der Waals surface area contributed by atoms with E-state index in [1.54, 1.807) is 30.6 Å². The quantitative estimate of drug-likeness (QED) is 0.802. The molecule has 1 N–H and O–H groups in total. The van der Waals surface area contributed by atoms with Crippen molar-refractivity contribution in [2.45, 2.75) is 18.9 Å². The molecule has 0 spiro atoms. The summed E-state index contributed by atoms with van der Waals surface area (Å²) in [5.41, 5.74) is 0.984. The van der Waals surface area contributed by atoms with Gasteiger partial charge < -0.3 is 14.8 Å². The Morgan fingerprint density at radius 1 is 1.31 bits per heavy atom. The van der Waals surface area contributed by atoms with Crippen molar-refractivity contribution >= 4 is 29.1 Å². The van der Waals surface area contributed by atoms with Crippen LogP contribution in [0.5, 0.6) is 5.75 Å². The predicted octanol–water partition coefficient (Wildman–Crippen LogP) is 4.05. The van der Waals surface area contributed by atoms with E-state index < -0.39 is 0 Å². The fourth-order valence-electron chi connectivity index (χ4n) is 3.03. The van der Waals surface area contributed by atoms with Gasteiger partial charge in [0.15, 0.2) is 6.61 Å². The number of ether oxygens (including phenoxy) is 2. The van der Waals surface area contributed by atoms with Gasteiger partial charge in [0, 0.05) is 30.6 Å². The molecule has 7 heteroatoms. The zero-order chi connectivity index (χ0) is 18.4. The normalized spacial score (nSPS) is 16.1. The highest BCUT2D eigenvalue weighted by Crippen LogP contribution is 2.30. The van der Waals surface area contributed by atoms with Gasteiger partial charge in [0.25, 0.3) is 5.91 Å². The summed E-state index contributed by atoms with van der Waals surface area (Å²) < 4.78 is 11.0. The first kappa shape index (κ1) is 19.0. The van der Waals surface area contributed by atoms with Crippen molar-refractivity contribution in [1.29, 1.82) is 0 Å². The number of halogens is 2. The Morgan fingerprint density at radius 3 is 2.81 bits per heavy atom. The molecule has 1 atom stereocenters. The van der Waals surface area contributed by atoms with Crippen molar-refractivity contribution in [3.63, 3.8) is 0 Å². The summed E-state index contributed by atoms with van der Waals surface area (Å²) >= 11 is 11.9. The average molecular weight is 395 g/mol. The van der Waals surface area contributed by atoms with Crippen LogP contribution in [0.4, 0.5) is 0 Å². The fraction of sp³-hybridized carbons (Fsp3) is 0.368. The molecule has 5 nitrogen and oxygen atoms in total. The van der Waals surface area contributed by atoms with E-state index in [1.807, 2.05) is 12.1 Å². The molecule has 0 radical (unpaired) electrons. The maximum Gasteiger partial charge on any atom is 0.258 e. The maximum atomic E-state index is 12.5. The lowest BCUT2D eigenvalue weighted by atomic mass is 9.87. The second kappa shape index (κ2) is 9.21. The molecule has 1 aliphatic heterocycles. The average Bonchev–Trinajstić information content (AvgIpc) is 2.67. The molecular weight excluding hydrogens is 375 g/mol. The third kappa shape index (κ3) is 5.10. The van der Waals surface area contributed by atoms with E-state index in [4.69, 9.17) is 32.7 Å². The Bertz CT molecular complexity index is 737. The van der Waals surface area contributed by atoms with Crippen molar-refractivity contribution in [3.05, 3.63) is 58.3 Å². The summed E-state index contributed by atoms with van der Waals surface area (Å²) in [4.78, 5) is 16.6. The summed E-state index contributed by atoms with van der Waals surface area (Å²) in [6.07, 6.45) is 5.29. The predicted molar refractivity (Wildman–Crippen MR) is 101 cm³/mol. The molecule has 1 aliphatic rings. The minimum Gasteiger partial charge on any atom is -0.482 e. The zero-order valence-electron chi connectivity index (χ0n) is 14.2. The molecule has 3 rings (SSSR count). The molecule has 138 valence electrons. The summed E-state index contributed by atoms with van der Waals surface area (Å²) in [6.45, 7) is 1.28. The zero-order valence-corrected chi connectivity index (χ0v) is 15.7. The van der Waals surface area contributed by atoms with Crippen LogP contribution in [0.15, 0.2) is 42.7 Å². The van der Waals surface area contributed by atoms with E-state index in [1.165, 1.54) is 0 Å². The molecule has 26 heavy (non-hydrogen) atoms. The fourth-order valence-corrected chi connectivity index (χ4v) is 3.50. The molecule has 2 aromatic rings. The largest absolute Gasteiger partial charge is 0.482 e. The van der Waals surface area contributed by atoms with Crippen LogP contribution in [0, 0.1) is 5.92 Å². The molecule has 0 unspecified atom stereocenters. The SMILES string of the molecule is O=C(COc1ccc(Cl)cc1Cl)N[C@H](c1cccnc1)C1CCOCC1. The minimum absolute atomic E-state index is 0.121. The monoisotopic (exact) mass is 394 g/mol. The standard InChI is InChI=1S/C19H20Cl2N2O3/c20-15-3-4-17(16(21)10-15)26-12-18(24)23-19(13-5-8-25-9-6-13)14-2-1-7-22-11-14/h1-4,7,10-11,13,19H,5-6,8-9,12H2,(H,23,24)/t19-/m0/s1. The van der Waals surface area contributed by atoms with E-state index in [0.717, 1.165) is 18.4 Å². The van der Waals surface area contributed by atoms with Gasteiger partial charge in [-0.1, -0.05) is 29.3 Å². The second-order valence-electron chi connectivity index (χ2n) is 6.14. The molecule has 0 saturated carbocycles. The number of carbonyl (C=O) groups excluding carboxylic acids is 1. The lowest BCUT2D eigenvalue weighted by molar-refractivity contribution is -0.124. The lowest BCUT2D eigenvalue weighted by Gasteiger charge is -2.31. The first-order valence-electron chi connectivity index (χ1n) is 8.48. The summed E-state index contributed by atoms with van der Waals surface area (Å²) in [7, 11) is 0. The van der Waals surface area contributed by atoms with Crippen LogP contribution in [0.3, 0.4) is 0 Å². The number of hydrogen-bond acceptors (Lipinski definition) is 4. The third-order valence-corrected chi connectivity index (χ3v) is 4.88. The number of carbonyl (C=O) groups is 1. The number of hydrogen-bond donors (Lipinski definition) is 1. The van der Waals surface area contributed by atoms with E-state index in [-0.39, 0.29) is 18.6 Å². The van der Waals surface area contributed by atoms with Gasteiger partial charge in [0.2, 0.25) is 0 Å². The molecule has 0 bridgehead atoms. The van der Waals surface area contributed by atoms with Crippen LogP contribution >= 0.6 is 23.2 Å². The maximum absolute atomic E-state index is 12.5. The van der Waals surface area contributed by atoms with Crippen molar-refractivity contribution in [2.24, 2.45) is 5.92 Å². The van der Waals surface area contributed by atoms with Crippen molar-refractivity contribution in [3.8, 4) is 5.75 Å². The topological polar surface area (TPSA) is 60.5 Å². The van der Waals surface area contributed by atoms with Crippen LogP contribution < -0.4 is 10.1 Å². The molecule has 1 amide bonds. The second-order valence-corrected chi connectivity index (χ2v) is 6.99. The highest BCUT2D eigenvalue weighted by atomic mass is 35.5. The molecule has 1 aromatic carbocycles. The van der Waals surface area contributed by atoms with Gasteiger partial charge in [-0.05, 0) is 48.6 Å². The third-order valence-electron chi connectivity index (χ3n) is 4.35. The number of aromatic nitrogens is 1. The summed E-state index contributed by atoms with van der Waals surface area (Å²) in [5, 5.41) is 3.97. The molecular formula is C19H20Cl2N2O3. The van der Waals surface area contributed by atoms with Crippen LogP contribution in [0.2, 0.25) is 10.0 Å². The van der Waals surface area contributed by atoms with Crippen molar-refractivity contribution < 1.29 is 14.3 Å². The number of nitrogens with one attached hydrogen (secondary N) is 1. The van der Waals surface area contributed by atoms with E-state index in [2.05, 4.69) is 10.3 Å². The number of amides is 1. The van der Waals surface area contributed by atoms with Gasteiger partial charge in [-0.25, -0.2) is 0 Å². The lowest BCUT2D eigenvalue weighted by Crippen LogP contribution is -2.38. The first-order chi connectivity index (χ1) is 12.6. The minimum atomic E-state index is -0.212. The van der Waals surface area contributed by atoms with Crippen LogP contribution in [0.25, 0.3) is 0 Å². The van der Waals surface area contributed by atoms with Gasteiger partial charge in [-0.2, -0.15) is 0 Å². The van der Waals surface area contributed by atoms with E-state index >= 15 is 0 Å². The molecule has 1 saturated heterocycles. The Balaban J connectivity index is 1.65. The molecule has 1 fully saturated rings. The first-order valence-corrected chi connectivity index (χ1v) is 9.24. The Morgan fingerprint density at radius 2 is 2.12 bits per heavy atom.